The molecule has 1 aliphatic carbocycles. The highest BCUT2D eigenvalue weighted by Gasteiger charge is 2.54. The average Bonchev–Trinajstić information content (AvgIpc) is 2.73. The van der Waals surface area contributed by atoms with Crippen LogP contribution >= 0.6 is 0 Å². The topological polar surface area (TPSA) is 110 Å². The number of benzene rings is 1. The van der Waals surface area contributed by atoms with Gasteiger partial charge in [-0.15, -0.1) is 0 Å². The van der Waals surface area contributed by atoms with E-state index in [0.29, 0.717) is 12.3 Å². The van der Waals surface area contributed by atoms with Crippen molar-refractivity contribution in [2.75, 3.05) is 26.7 Å². The van der Waals surface area contributed by atoms with Crippen LogP contribution in [0, 0.1) is 45.3 Å². The van der Waals surface area contributed by atoms with Gasteiger partial charge in [-0.25, -0.2) is 0 Å². The van der Waals surface area contributed by atoms with Crippen LogP contribution < -0.4 is 10.5 Å². The smallest absolute Gasteiger partial charge is 0.191 e. The van der Waals surface area contributed by atoms with Gasteiger partial charge in [0.2, 0.25) is 0 Å². The molecule has 1 aliphatic heterocycles. The van der Waals surface area contributed by atoms with Crippen molar-refractivity contribution in [1.29, 1.82) is 15.8 Å². The normalized spacial score (nSPS) is 24.0. The van der Waals surface area contributed by atoms with Crippen LogP contribution in [0.2, 0.25) is 0 Å². The molecule has 27 heavy (non-hydrogen) atoms. The lowest BCUT2D eigenvalue weighted by molar-refractivity contribution is 0.214. The van der Waals surface area contributed by atoms with Crippen molar-refractivity contribution >= 4 is 0 Å². The number of nitrogens with two attached hydrogens (primary N) is 1. The molecule has 0 amide bonds. The standard InChI is InChI=1S/C21H21N5O/c1-3-26-9-8-16-17(10-22)20(25)21(12-23,13-24)19(18(16)11-26)14-4-6-15(27-2)7-5-14/h4-8,18-19H,3,9,11,25H2,1-2H3/t18-,19+/m1/s1. The summed E-state index contributed by atoms with van der Waals surface area (Å²) in [6.45, 7) is 4.31. The fourth-order valence-electron chi connectivity index (χ4n) is 4.19. The van der Waals surface area contributed by atoms with Crippen LogP contribution in [-0.2, 0) is 0 Å². The summed E-state index contributed by atoms with van der Waals surface area (Å²) >= 11 is 0. The Balaban J connectivity index is 2.27. The first-order valence-electron chi connectivity index (χ1n) is 8.85. The van der Waals surface area contributed by atoms with Gasteiger partial charge in [-0.3, -0.25) is 4.90 Å². The number of nitriles is 3. The van der Waals surface area contributed by atoms with E-state index in [1.807, 2.05) is 30.3 Å². The molecule has 0 aromatic heterocycles. The Labute approximate surface area is 159 Å². The number of hydrogen-bond acceptors (Lipinski definition) is 6. The van der Waals surface area contributed by atoms with Crippen molar-refractivity contribution in [2.24, 2.45) is 17.1 Å². The molecule has 0 saturated heterocycles. The van der Waals surface area contributed by atoms with Crippen LogP contribution in [0.5, 0.6) is 5.75 Å². The molecule has 3 rings (SSSR count). The second-order valence-corrected chi connectivity index (χ2v) is 6.80. The maximum atomic E-state index is 10.0. The number of ether oxygens (including phenoxy) is 1. The minimum absolute atomic E-state index is 0.0586. The summed E-state index contributed by atoms with van der Waals surface area (Å²) in [5, 5.41) is 29.7. The quantitative estimate of drug-likeness (QED) is 0.887. The number of hydrogen-bond donors (Lipinski definition) is 1. The van der Waals surface area contributed by atoms with E-state index < -0.39 is 11.3 Å². The zero-order valence-electron chi connectivity index (χ0n) is 15.4. The largest absolute Gasteiger partial charge is 0.497 e. The van der Waals surface area contributed by atoms with Gasteiger partial charge in [0.25, 0.3) is 0 Å². The summed E-state index contributed by atoms with van der Waals surface area (Å²) in [7, 11) is 1.59. The molecule has 6 heteroatoms. The molecular formula is C21H21N5O. The number of methoxy groups -OCH3 is 1. The van der Waals surface area contributed by atoms with Crippen LogP contribution in [0.4, 0.5) is 0 Å². The highest BCUT2D eigenvalue weighted by molar-refractivity contribution is 5.59. The van der Waals surface area contributed by atoms with Crippen molar-refractivity contribution in [1.82, 2.24) is 4.90 Å². The first kappa shape index (κ1) is 18.5. The van der Waals surface area contributed by atoms with E-state index in [2.05, 4.69) is 30.0 Å². The third-order valence-corrected chi connectivity index (χ3v) is 5.66. The molecule has 1 aromatic rings. The van der Waals surface area contributed by atoms with Crippen molar-refractivity contribution in [3.63, 3.8) is 0 Å². The third kappa shape index (κ3) is 2.74. The first-order valence-corrected chi connectivity index (χ1v) is 8.85. The van der Waals surface area contributed by atoms with Gasteiger partial charge < -0.3 is 10.5 Å². The van der Waals surface area contributed by atoms with Gasteiger partial charge in [-0.1, -0.05) is 25.1 Å². The molecule has 0 saturated carbocycles. The number of likely N-dealkylation sites (N-methyl/N-ethyl adjacent to an activating group) is 1. The lowest BCUT2D eigenvalue weighted by Crippen LogP contribution is -2.48. The first-order chi connectivity index (χ1) is 13.1. The van der Waals surface area contributed by atoms with E-state index in [9.17, 15) is 15.8 Å². The van der Waals surface area contributed by atoms with E-state index in [1.165, 1.54) is 0 Å². The van der Waals surface area contributed by atoms with Gasteiger partial charge in [0, 0.05) is 24.9 Å². The molecule has 0 radical (unpaired) electrons. The van der Waals surface area contributed by atoms with Gasteiger partial charge in [-0.05, 0) is 29.8 Å². The summed E-state index contributed by atoms with van der Waals surface area (Å²) in [5.41, 5.74) is 6.72. The Kier molecular flexibility index (Phi) is 4.91. The Morgan fingerprint density at radius 3 is 2.41 bits per heavy atom. The molecule has 1 heterocycles. The summed E-state index contributed by atoms with van der Waals surface area (Å²) in [4.78, 5) is 2.24. The van der Waals surface area contributed by atoms with Crippen LogP contribution in [0.25, 0.3) is 0 Å². The summed E-state index contributed by atoms with van der Waals surface area (Å²) in [6, 6.07) is 13.8. The summed E-state index contributed by atoms with van der Waals surface area (Å²) < 4.78 is 5.23. The molecule has 6 nitrogen and oxygen atoms in total. The van der Waals surface area contributed by atoms with Crippen LogP contribution in [-0.4, -0.2) is 31.6 Å². The summed E-state index contributed by atoms with van der Waals surface area (Å²) in [5.74, 6) is 0.0781. The number of nitrogens with zero attached hydrogens (tertiary/aromatic N) is 4. The predicted octanol–water partition coefficient (Wildman–Crippen LogP) is 2.44. The predicted molar refractivity (Wildman–Crippen MR) is 99.9 cm³/mol. The maximum absolute atomic E-state index is 10.0. The molecule has 0 bridgehead atoms. The Bertz CT molecular complexity index is 909. The van der Waals surface area contributed by atoms with Gasteiger partial charge in [0.05, 0.1) is 30.5 Å². The highest BCUT2D eigenvalue weighted by atomic mass is 16.5. The summed E-state index contributed by atoms with van der Waals surface area (Å²) in [6.07, 6.45) is 2.01. The Morgan fingerprint density at radius 2 is 1.89 bits per heavy atom. The lowest BCUT2D eigenvalue weighted by Gasteiger charge is -2.45. The van der Waals surface area contributed by atoms with E-state index in [1.54, 1.807) is 7.11 Å². The van der Waals surface area contributed by atoms with Gasteiger partial charge in [0.1, 0.15) is 11.8 Å². The molecule has 1 aromatic carbocycles. The minimum Gasteiger partial charge on any atom is -0.497 e. The number of allylic oxidation sites excluding steroid dienone is 2. The second kappa shape index (κ2) is 7.16. The van der Waals surface area contributed by atoms with Crippen molar-refractivity contribution in [2.45, 2.75) is 12.8 Å². The van der Waals surface area contributed by atoms with Crippen LogP contribution in [0.1, 0.15) is 18.4 Å². The third-order valence-electron chi connectivity index (χ3n) is 5.66. The molecule has 0 fully saturated rings. The fourth-order valence-corrected chi connectivity index (χ4v) is 4.19. The fraction of sp³-hybridized carbons (Fsp3) is 0.381. The van der Waals surface area contributed by atoms with Crippen LogP contribution in [0.15, 0.2) is 47.2 Å². The van der Waals surface area contributed by atoms with E-state index in [4.69, 9.17) is 10.5 Å². The molecular weight excluding hydrogens is 338 g/mol. The Hall–Kier alpha value is -3.27. The van der Waals surface area contributed by atoms with E-state index >= 15 is 0 Å². The average molecular weight is 359 g/mol. The molecule has 0 spiro atoms. The molecule has 136 valence electrons. The molecule has 2 aliphatic rings. The second-order valence-electron chi connectivity index (χ2n) is 6.80. The monoisotopic (exact) mass is 359 g/mol. The zero-order chi connectivity index (χ0) is 19.6. The van der Waals surface area contributed by atoms with Gasteiger partial charge in [-0.2, -0.15) is 15.8 Å². The molecule has 0 unspecified atom stereocenters. The number of rotatable bonds is 3. The zero-order valence-corrected chi connectivity index (χ0v) is 15.4. The van der Waals surface area contributed by atoms with Crippen molar-refractivity contribution < 1.29 is 4.74 Å². The van der Waals surface area contributed by atoms with Gasteiger partial charge in [0.15, 0.2) is 5.41 Å². The SMILES string of the molecule is CCN1CC=C2C(C#N)=C(N)C(C#N)(C#N)[C@@H](c3ccc(OC)cc3)[C@@H]2C1. The lowest BCUT2D eigenvalue weighted by atomic mass is 9.58. The molecule has 2 N–H and O–H groups in total. The number of fused-ring (bicyclic) bond motifs is 1. The Morgan fingerprint density at radius 1 is 1.22 bits per heavy atom. The van der Waals surface area contributed by atoms with Crippen LogP contribution in [0.3, 0.4) is 0 Å². The van der Waals surface area contributed by atoms with E-state index in [0.717, 1.165) is 24.2 Å². The van der Waals surface area contributed by atoms with Crippen molar-refractivity contribution in [3.8, 4) is 24.0 Å². The highest BCUT2D eigenvalue weighted by Crippen LogP contribution is 2.54. The minimum atomic E-state index is -1.58. The maximum Gasteiger partial charge on any atom is 0.191 e. The van der Waals surface area contributed by atoms with Gasteiger partial charge >= 0.3 is 0 Å². The van der Waals surface area contributed by atoms with E-state index in [-0.39, 0.29) is 17.2 Å². The van der Waals surface area contributed by atoms with Crippen molar-refractivity contribution in [3.05, 3.63) is 52.7 Å². The molecule has 2 atom stereocenters.